The van der Waals surface area contributed by atoms with E-state index in [9.17, 15) is 0 Å². The van der Waals surface area contributed by atoms with Gasteiger partial charge in [0.2, 0.25) is 0 Å². The van der Waals surface area contributed by atoms with Crippen molar-refractivity contribution >= 4 is 30.6 Å². The van der Waals surface area contributed by atoms with Crippen LogP contribution in [0.5, 0.6) is 0 Å². The van der Waals surface area contributed by atoms with E-state index >= 15 is 0 Å². The van der Waals surface area contributed by atoms with Crippen LogP contribution in [-0.2, 0) is 11.5 Å². The molecule has 3 aromatic rings. The van der Waals surface area contributed by atoms with Crippen molar-refractivity contribution in [1.29, 1.82) is 0 Å². The van der Waals surface area contributed by atoms with Crippen LogP contribution in [0.3, 0.4) is 0 Å². The van der Waals surface area contributed by atoms with Gasteiger partial charge < -0.3 is 4.74 Å². The van der Waals surface area contributed by atoms with Crippen LogP contribution in [0.15, 0.2) is 48.7 Å². The van der Waals surface area contributed by atoms with Crippen LogP contribution < -0.4 is 0 Å². The number of ether oxygens (including phenoxy) is 1. The normalized spacial score (nSPS) is 12.0. The van der Waals surface area contributed by atoms with Gasteiger partial charge in [-0.1, -0.05) is 61.6 Å². The third-order valence-corrected chi connectivity index (χ3v) is 6.04. The molecule has 0 saturated heterocycles. The van der Waals surface area contributed by atoms with E-state index in [1.54, 1.807) is 0 Å². The number of rotatable bonds is 6. The van der Waals surface area contributed by atoms with Crippen molar-refractivity contribution in [3.05, 3.63) is 53.7 Å². The number of halogens is 1. The fraction of sp³-hybridized carbons (Fsp3) is 0.316. The van der Waals surface area contributed by atoms with E-state index < -0.39 is 8.07 Å². The van der Waals surface area contributed by atoms with Gasteiger partial charge in [0.1, 0.15) is 6.73 Å². The Balaban J connectivity index is 1.79. The van der Waals surface area contributed by atoms with Gasteiger partial charge in [0.05, 0.1) is 16.7 Å². The lowest BCUT2D eigenvalue weighted by molar-refractivity contribution is 0.0817. The van der Waals surface area contributed by atoms with Crippen LogP contribution in [0.25, 0.3) is 22.0 Å². The third-order valence-electron chi connectivity index (χ3n) is 4.03. The van der Waals surface area contributed by atoms with Crippen molar-refractivity contribution in [3.8, 4) is 11.1 Å². The zero-order valence-corrected chi connectivity index (χ0v) is 16.2. The van der Waals surface area contributed by atoms with Gasteiger partial charge in [0.25, 0.3) is 0 Å². The molecular formula is C19H23ClN2OSi. The smallest absolute Gasteiger partial charge is 0.139 e. The quantitative estimate of drug-likeness (QED) is 0.419. The number of hydrogen-bond acceptors (Lipinski definition) is 2. The Morgan fingerprint density at radius 2 is 1.88 bits per heavy atom. The van der Waals surface area contributed by atoms with E-state index in [2.05, 4.69) is 42.9 Å². The summed E-state index contributed by atoms with van der Waals surface area (Å²) in [7, 11) is -1.06. The zero-order valence-electron chi connectivity index (χ0n) is 14.4. The van der Waals surface area contributed by atoms with Crippen LogP contribution in [0, 0.1) is 0 Å². The van der Waals surface area contributed by atoms with Crippen molar-refractivity contribution in [3.63, 3.8) is 0 Å². The average Bonchev–Trinajstić information content (AvgIpc) is 2.93. The Bertz CT molecular complexity index is 824. The minimum atomic E-state index is -1.06. The van der Waals surface area contributed by atoms with Gasteiger partial charge in [-0.3, -0.25) is 0 Å². The van der Waals surface area contributed by atoms with Crippen molar-refractivity contribution < 1.29 is 4.74 Å². The van der Waals surface area contributed by atoms with Crippen LogP contribution >= 0.6 is 11.6 Å². The fourth-order valence-electron chi connectivity index (χ4n) is 2.57. The van der Waals surface area contributed by atoms with Gasteiger partial charge in [-0.25, -0.2) is 4.68 Å². The molecule has 1 heterocycles. The topological polar surface area (TPSA) is 27.1 Å². The molecule has 0 atom stereocenters. The largest absolute Gasteiger partial charge is 0.360 e. The van der Waals surface area contributed by atoms with Crippen LogP contribution in [0.2, 0.25) is 30.7 Å². The summed E-state index contributed by atoms with van der Waals surface area (Å²) in [6.45, 7) is 8.31. The number of hydrogen-bond donors (Lipinski definition) is 0. The molecule has 0 aliphatic rings. The number of nitrogens with zero attached hydrogens (tertiary/aromatic N) is 2. The molecule has 5 heteroatoms. The minimum Gasteiger partial charge on any atom is -0.360 e. The van der Waals surface area contributed by atoms with Gasteiger partial charge >= 0.3 is 0 Å². The molecule has 0 aliphatic heterocycles. The van der Waals surface area contributed by atoms with Crippen LogP contribution in [0.4, 0.5) is 0 Å². The Morgan fingerprint density at radius 1 is 1.12 bits per heavy atom. The number of fused-ring (bicyclic) bond motifs is 1. The highest BCUT2D eigenvalue weighted by atomic mass is 35.5. The standard InChI is InChI=1S/C19H23ClN2OSi/c1-24(2,3)10-9-23-14-22-19-12-18(20)17(11-16(19)13-21-22)15-7-5-4-6-8-15/h4-8,11-13H,9-10,14H2,1-3H3. The Kier molecular flexibility index (Phi) is 5.09. The van der Waals surface area contributed by atoms with E-state index in [4.69, 9.17) is 16.3 Å². The highest BCUT2D eigenvalue weighted by Crippen LogP contribution is 2.32. The summed E-state index contributed by atoms with van der Waals surface area (Å²) in [4.78, 5) is 0. The summed E-state index contributed by atoms with van der Waals surface area (Å²) in [5.41, 5.74) is 3.15. The second kappa shape index (κ2) is 7.09. The maximum absolute atomic E-state index is 6.51. The highest BCUT2D eigenvalue weighted by Gasteiger charge is 2.13. The molecule has 0 saturated carbocycles. The van der Waals surface area contributed by atoms with Gasteiger partial charge in [-0.2, -0.15) is 5.10 Å². The van der Waals surface area contributed by atoms with E-state index in [0.717, 1.165) is 39.7 Å². The molecule has 0 N–H and O–H groups in total. The lowest BCUT2D eigenvalue weighted by Crippen LogP contribution is -2.22. The summed E-state index contributed by atoms with van der Waals surface area (Å²) in [6.07, 6.45) is 1.87. The van der Waals surface area contributed by atoms with E-state index in [0.29, 0.717) is 6.73 Å². The van der Waals surface area contributed by atoms with Gasteiger partial charge in [-0.05, 0) is 23.7 Å². The van der Waals surface area contributed by atoms with Crippen LogP contribution in [-0.4, -0.2) is 24.5 Å². The molecule has 0 fully saturated rings. The summed E-state index contributed by atoms with van der Waals surface area (Å²) in [6, 6.07) is 15.4. The Hall–Kier alpha value is -1.62. The number of aromatic nitrogens is 2. The SMILES string of the molecule is C[Si](C)(C)CCOCn1ncc2cc(-c3ccccc3)c(Cl)cc21. The summed E-state index contributed by atoms with van der Waals surface area (Å²) in [5, 5.41) is 6.26. The van der Waals surface area contributed by atoms with E-state index in [1.807, 2.05) is 35.1 Å². The summed E-state index contributed by atoms with van der Waals surface area (Å²) >= 11 is 6.51. The third kappa shape index (κ3) is 4.07. The molecule has 1 aromatic heterocycles. The predicted molar refractivity (Wildman–Crippen MR) is 104 cm³/mol. The molecule has 3 rings (SSSR count). The van der Waals surface area contributed by atoms with Crippen molar-refractivity contribution in [2.75, 3.05) is 6.61 Å². The van der Waals surface area contributed by atoms with E-state index in [1.165, 1.54) is 0 Å². The monoisotopic (exact) mass is 358 g/mol. The molecule has 0 aliphatic carbocycles. The maximum atomic E-state index is 6.51. The molecule has 126 valence electrons. The van der Waals surface area contributed by atoms with Gasteiger partial charge in [-0.15, -0.1) is 0 Å². The minimum absolute atomic E-state index is 0.467. The molecule has 2 aromatic carbocycles. The molecule has 0 spiro atoms. The van der Waals surface area contributed by atoms with Gasteiger partial charge in [0, 0.05) is 25.6 Å². The second-order valence-electron chi connectivity index (χ2n) is 7.25. The molecule has 0 radical (unpaired) electrons. The fourth-order valence-corrected chi connectivity index (χ4v) is 3.60. The van der Waals surface area contributed by atoms with E-state index in [-0.39, 0.29) is 0 Å². The molecular weight excluding hydrogens is 336 g/mol. The first kappa shape index (κ1) is 17.2. The van der Waals surface area contributed by atoms with Crippen molar-refractivity contribution in [2.45, 2.75) is 32.4 Å². The van der Waals surface area contributed by atoms with Crippen molar-refractivity contribution in [2.24, 2.45) is 0 Å². The Labute approximate surface area is 149 Å². The first-order chi connectivity index (χ1) is 11.4. The zero-order chi connectivity index (χ0) is 17.2. The molecule has 0 bridgehead atoms. The average molecular weight is 359 g/mol. The summed E-state index contributed by atoms with van der Waals surface area (Å²) in [5.74, 6) is 0. The van der Waals surface area contributed by atoms with Gasteiger partial charge in [0.15, 0.2) is 0 Å². The molecule has 0 unspecified atom stereocenters. The first-order valence-electron chi connectivity index (χ1n) is 8.22. The second-order valence-corrected chi connectivity index (χ2v) is 13.3. The lowest BCUT2D eigenvalue weighted by atomic mass is 10.0. The first-order valence-corrected chi connectivity index (χ1v) is 12.3. The molecule has 0 amide bonds. The van der Waals surface area contributed by atoms with Crippen LogP contribution in [0.1, 0.15) is 0 Å². The molecule has 3 nitrogen and oxygen atoms in total. The predicted octanol–water partition coefficient (Wildman–Crippen LogP) is 5.67. The molecule has 24 heavy (non-hydrogen) atoms. The number of benzene rings is 2. The Morgan fingerprint density at radius 3 is 2.58 bits per heavy atom. The lowest BCUT2D eigenvalue weighted by Gasteiger charge is -2.15. The maximum Gasteiger partial charge on any atom is 0.139 e. The highest BCUT2D eigenvalue weighted by molar-refractivity contribution is 6.76. The summed E-state index contributed by atoms with van der Waals surface area (Å²) < 4.78 is 7.68. The van der Waals surface area contributed by atoms with Crippen molar-refractivity contribution in [1.82, 2.24) is 9.78 Å².